The lowest BCUT2D eigenvalue weighted by Crippen LogP contribution is -2.22. The van der Waals surface area contributed by atoms with E-state index in [-0.39, 0.29) is 18.0 Å². The standard InChI is InChI=1S/C9H7F3N2OS/c1-2-3-13-4-6(15)7-5-14-8(16-7)9(10,11)12/h1,5,13H,3-4H2. The molecule has 0 aliphatic rings. The molecule has 1 aromatic heterocycles. The lowest BCUT2D eigenvalue weighted by atomic mass is 10.3. The van der Waals surface area contributed by atoms with E-state index < -0.39 is 17.0 Å². The van der Waals surface area contributed by atoms with E-state index in [1.165, 1.54) is 0 Å². The fourth-order valence-corrected chi connectivity index (χ4v) is 1.59. The van der Waals surface area contributed by atoms with Crippen molar-refractivity contribution in [2.75, 3.05) is 13.1 Å². The van der Waals surface area contributed by atoms with Crippen LogP contribution in [0.25, 0.3) is 0 Å². The molecule has 0 radical (unpaired) electrons. The van der Waals surface area contributed by atoms with Gasteiger partial charge in [-0.3, -0.25) is 10.1 Å². The van der Waals surface area contributed by atoms with E-state index in [1.807, 2.05) is 0 Å². The summed E-state index contributed by atoms with van der Waals surface area (Å²) in [7, 11) is 0. The number of aromatic nitrogens is 1. The van der Waals surface area contributed by atoms with Gasteiger partial charge in [-0.15, -0.1) is 17.8 Å². The Morgan fingerprint density at radius 3 is 2.81 bits per heavy atom. The summed E-state index contributed by atoms with van der Waals surface area (Å²) < 4.78 is 36.5. The Kier molecular flexibility index (Phi) is 4.04. The Balaban J connectivity index is 2.65. The van der Waals surface area contributed by atoms with Crippen LogP contribution in [0, 0.1) is 12.3 Å². The molecule has 1 aromatic rings. The van der Waals surface area contributed by atoms with Gasteiger partial charge in [0, 0.05) is 6.20 Å². The number of hydrogen-bond acceptors (Lipinski definition) is 4. The molecule has 1 N–H and O–H groups in total. The first kappa shape index (κ1) is 12.7. The quantitative estimate of drug-likeness (QED) is 0.499. The van der Waals surface area contributed by atoms with Gasteiger partial charge in [-0.25, -0.2) is 4.98 Å². The maximum atomic E-state index is 12.2. The SMILES string of the molecule is C#CCNCC(=O)c1cnc(C(F)(F)F)s1. The maximum absolute atomic E-state index is 12.2. The predicted octanol–water partition coefficient (Wildman–Crippen LogP) is 1.57. The average molecular weight is 248 g/mol. The van der Waals surface area contributed by atoms with E-state index in [0.717, 1.165) is 6.20 Å². The third kappa shape index (κ3) is 3.32. The number of nitrogens with one attached hydrogen (secondary N) is 1. The lowest BCUT2D eigenvalue weighted by Gasteiger charge is -1.99. The first-order valence-electron chi connectivity index (χ1n) is 4.15. The lowest BCUT2D eigenvalue weighted by molar-refractivity contribution is -0.137. The summed E-state index contributed by atoms with van der Waals surface area (Å²) in [5.41, 5.74) is 0. The number of terminal acetylenes is 1. The Morgan fingerprint density at radius 2 is 2.31 bits per heavy atom. The Morgan fingerprint density at radius 1 is 1.62 bits per heavy atom. The fraction of sp³-hybridized carbons (Fsp3) is 0.333. The van der Waals surface area contributed by atoms with Crippen LogP contribution in [-0.2, 0) is 6.18 Å². The number of carbonyl (C=O) groups is 1. The minimum Gasteiger partial charge on any atom is -0.299 e. The van der Waals surface area contributed by atoms with Crippen LogP contribution in [0.2, 0.25) is 0 Å². The van der Waals surface area contributed by atoms with E-state index in [1.54, 1.807) is 0 Å². The second-order valence-electron chi connectivity index (χ2n) is 2.76. The molecule has 0 bridgehead atoms. The van der Waals surface area contributed by atoms with Crippen LogP contribution < -0.4 is 5.32 Å². The average Bonchev–Trinajstić information content (AvgIpc) is 2.66. The fourth-order valence-electron chi connectivity index (χ4n) is 0.869. The van der Waals surface area contributed by atoms with E-state index in [9.17, 15) is 18.0 Å². The van der Waals surface area contributed by atoms with Crippen LogP contribution in [-0.4, -0.2) is 23.9 Å². The minimum atomic E-state index is -4.50. The highest BCUT2D eigenvalue weighted by molar-refractivity contribution is 7.13. The second-order valence-corrected chi connectivity index (χ2v) is 3.79. The van der Waals surface area contributed by atoms with Crippen LogP contribution in [0.4, 0.5) is 13.2 Å². The van der Waals surface area contributed by atoms with Gasteiger partial charge in [0.25, 0.3) is 0 Å². The summed E-state index contributed by atoms with van der Waals surface area (Å²) in [6, 6.07) is 0. The summed E-state index contributed by atoms with van der Waals surface area (Å²) in [5.74, 6) is 1.79. The molecule has 86 valence electrons. The van der Waals surface area contributed by atoms with Crippen LogP contribution in [0.15, 0.2) is 6.20 Å². The molecule has 0 fully saturated rings. The topological polar surface area (TPSA) is 42.0 Å². The molecule has 0 spiro atoms. The molecule has 7 heteroatoms. The number of halogens is 3. The Hall–Kier alpha value is -1.39. The number of Topliss-reactive ketones (excluding diaryl/α,β-unsaturated/α-hetero) is 1. The number of nitrogens with zero attached hydrogens (tertiary/aromatic N) is 1. The van der Waals surface area contributed by atoms with Gasteiger partial charge in [-0.2, -0.15) is 13.2 Å². The second kappa shape index (κ2) is 5.09. The summed E-state index contributed by atoms with van der Waals surface area (Å²) in [4.78, 5) is 14.4. The highest BCUT2D eigenvalue weighted by atomic mass is 32.1. The smallest absolute Gasteiger partial charge is 0.299 e. The van der Waals surface area contributed by atoms with Crippen molar-refractivity contribution in [3.63, 3.8) is 0 Å². The zero-order valence-corrected chi connectivity index (χ0v) is 8.78. The van der Waals surface area contributed by atoms with Gasteiger partial charge in [0.2, 0.25) is 0 Å². The van der Waals surface area contributed by atoms with Gasteiger partial charge in [0.15, 0.2) is 10.8 Å². The summed E-state index contributed by atoms with van der Waals surface area (Å²) in [5, 5.41) is 1.57. The van der Waals surface area contributed by atoms with Crippen LogP contribution in [0.3, 0.4) is 0 Å². The van der Waals surface area contributed by atoms with Crippen molar-refractivity contribution in [3.8, 4) is 12.3 Å². The van der Waals surface area contributed by atoms with Crippen molar-refractivity contribution in [1.29, 1.82) is 0 Å². The van der Waals surface area contributed by atoms with Crippen molar-refractivity contribution in [2.24, 2.45) is 0 Å². The van der Waals surface area contributed by atoms with Crippen molar-refractivity contribution in [2.45, 2.75) is 6.18 Å². The number of alkyl halides is 3. The molecular weight excluding hydrogens is 241 g/mol. The molecule has 0 saturated carbocycles. The Labute approximate surface area is 93.7 Å². The molecule has 0 atom stereocenters. The van der Waals surface area contributed by atoms with Crippen LogP contribution in [0.1, 0.15) is 14.7 Å². The first-order chi connectivity index (χ1) is 7.45. The van der Waals surface area contributed by atoms with Crippen LogP contribution >= 0.6 is 11.3 Å². The molecule has 0 aliphatic carbocycles. The van der Waals surface area contributed by atoms with Crippen molar-refractivity contribution >= 4 is 17.1 Å². The monoisotopic (exact) mass is 248 g/mol. The number of carbonyl (C=O) groups excluding carboxylic acids is 1. The van der Waals surface area contributed by atoms with Crippen molar-refractivity contribution in [3.05, 3.63) is 16.1 Å². The molecule has 16 heavy (non-hydrogen) atoms. The van der Waals surface area contributed by atoms with Gasteiger partial charge in [0.05, 0.1) is 18.0 Å². The molecule has 0 aromatic carbocycles. The number of thiazole rings is 1. The zero-order chi connectivity index (χ0) is 12.2. The van der Waals surface area contributed by atoms with E-state index in [4.69, 9.17) is 6.42 Å². The molecule has 1 heterocycles. The minimum absolute atomic E-state index is 0.0307. The number of ketones is 1. The Bertz CT molecular complexity index is 419. The predicted molar refractivity (Wildman–Crippen MR) is 53.1 cm³/mol. The third-order valence-electron chi connectivity index (χ3n) is 1.54. The van der Waals surface area contributed by atoms with E-state index in [0.29, 0.717) is 11.3 Å². The summed E-state index contributed by atoms with van der Waals surface area (Å²) in [6.45, 7) is 0.0976. The first-order valence-corrected chi connectivity index (χ1v) is 4.97. The third-order valence-corrected chi connectivity index (χ3v) is 2.62. The molecule has 1 rings (SSSR count). The van der Waals surface area contributed by atoms with Crippen LogP contribution in [0.5, 0.6) is 0 Å². The summed E-state index contributed by atoms with van der Waals surface area (Å²) >= 11 is 0.329. The molecule has 0 amide bonds. The van der Waals surface area contributed by atoms with Gasteiger partial charge in [-0.05, 0) is 0 Å². The zero-order valence-electron chi connectivity index (χ0n) is 7.97. The highest BCUT2D eigenvalue weighted by Crippen LogP contribution is 2.32. The van der Waals surface area contributed by atoms with Gasteiger partial charge >= 0.3 is 6.18 Å². The molecule has 0 saturated heterocycles. The molecule has 3 nitrogen and oxygen atoms in total. The largest absolute Gasteiger partial charge is 0.443 e. The highest BCUT2D eigenvalue weighted by Gasteiger charge is 2.35. The molecule has 0 unspecified atom stereocenters. The molecule has 0 aliphatic heterocycles. The number of rotatable bonds is 4. The maximum Gasteiger partial charge on any atom is 0.443 e. The van der Waals surface area contributed by atoms with Gasteiger partial charge < -0.3 is 0 Å². The van der Waals surface area contributed by atoms with Crippen molar-refractivity contribution < 1.29 is 18.0 Å². The van der Waals surface area contributed by atoms with E-state index >= 15 is 0 Å². The summed E-state index contributed by atoms with van der Waals surface area (Å²) in [6.07, 6.45) is 1.35. The van der Waals surface area contributed by atoms with Gasteiger partial charge in [-0.1, -0.05) is 5.92 Å². The van der Waals surface area contributed by atoms with Crippen molar-refractivity contribution in [1.82, 2.24) is 10.3 Å². The van der Waals surface area contributed by atoms with Gasteiger partial charge in [0.1, 0.15) is 0 Å². The molecular formula is C9H7F3N2OS. The normalized spacial score (nSPS) is 11.1. The van der Waals surface area contributed by atoms with E-state index in [2.05, 4.69) is 16.2 Å². The number of hydrogen-bond donors (Lipinski definition) is 1.